The molecule has 1 aromatic rings. The van der Waals surface area contributed by atoms with Crippen LogP contribution in [-0.4, -0.2) is 57.8 Å². The third-order valence-corrected chi connectivity index (χ3v) is 4.57. The van der Waals surface area contributed by atoms with Gasteiger partial charge < -0.3 is 9.80 Å². The maximum absolute atomic E-state index is 12.8. The number of likely N-dealkylation sites (tertiary alicyclic amines) is 1. The lowest BCUT2D eigenvalue weighted by molar-refractivity contribution is -0.132. The molecule has 1 saturated heterocycles. The number of carbonyl (C=O) groups is 2. The number of hydrogen-bond donors (Lipinski definition) is 0. The molecule has 0 radical (unpaired) electrons. The van der Waals surface area contributed by atoms with Crippen molar-refractivity contribution in [3.63, 3.8) is 0 Å². The molecule has 0 atom stereocenters. The van der Waals surface area contributed by atoms with Crippen LogP contribution in [-0.2, 0) is 4.79 Å². The predicted molar refractivity (Wildman–Crippen MR) is 97.2 cm³/mol. The lowest BCUT2D eigenvalue weighted by Gasteiger charge is -2.28. The van der Waals surface area contributed by atoms with E-state index in [2.05, 4.69) is 23.8 Å². The van der Waals surface area contributed by atoms with Crippen LogP contribution in [0.1, 0.15) is 62.1 Å². The van der Waals surface area contributed by atoms with Crippen LogP contribution >= 0.6 is 0 Å². The van der Waals surface area contributed by atoms with Gasteiger partial charge in [-0.1, -0.05) is 13.8 Å². The molecule has 2 rings (SSSR count). The van der Waals surface area contributed by atoms with Crippen LogP contribution in [0, 0.1) is 12.8 Å². The van der Waals surface area contributed by atoms with Crippen LogP contribution in [0.2, 0.25) is 0 Å². The van der Waals surface area contributed by atoms with E-state index in [9.17, 15) is 9.59 Å². The second-order valence-corrected chi connectivity index (χ2v) is 7.21. The summed E-state index contributed by atoms with van der Waals surface area (Å²) in [5.74, 6) is 0.508. The normalized spacial score (nSPS) is 14.6. The van der Waals surface area contributed by atoms with Gasteiger partial charge in [-0.25, -0.2) is 4.98 Å². The summed E-state index contributed by atoms with van der Waals surface area (Å²) in [4.78, 5) is 37.2. The largest absolute Gasteiger partial charge is 0.343 e. The molecular weight excluding hydrogens is 316 g/mol. The highest BCUT2D eigenvalue weighted by Crippen LogP contribution is 2.12. The zero-order valence-electron chi connectivity index (χ0n) is 15.7. The van der Waals surface area contributed by atoms with Crippen molar-refractivity contribution in [1.82, 2.24) is 19.8 Å². The van der Waals surface area contributed by atoms with Gasteiger partial charge in [0.05, 0.1) is 11.9 Å². The van der Waals surface area contributed by atoms with Crippen molar-refractivity contribution in [2.24, 2.45) is 5.92 Å². The van der Waals surface area contributed by atoms with E-state index in [1.807, 2.05) is 11.8 Å². The minimum absolute atomic E-state index is 0.139. The first-order valence-electron chi connectivity index (χ1n) is 9.33. The topological polar surface area (TPSA) is 66.4 Å². The summed E-state index contributed by atoms with van der Waals surface area (Å²) in [7, 11) is 0. The molecule has 0 unspecified atom stereocenters. The standard InChI is InChI=1S/C19H30N4O2/c1-15(2)7-11-23(19(25)17-14-20-16(3)13-21-17)12-8-18(24)22-9-5-4-6-10-22/h13-15H,4-12H2,1-3H3. The minimum atomic E-state index is -0.139. The molecule has 1 aromatic heterocycles. The van der Waals surface area contributed by atoms with Gasteiger partial charge in [-0.15, -0.1) is 0 Å². The average Bonchev–Trinajstić information content (AvgIpc) is 2.62. The molecule has 0 N–H and O–H groups in total. The van der Waals surface area contributed by atoms with Crippen molar-refractivity contribution in [3.8, 4) is 0 Å². The summed E-state index contributed by atoms with van der Waals surface area (Å²) in [6, 6.07) is 0. The number of hydrogen-bond acceptors (Lipinski definition) is 4. The number of aromatic nitrogens is 2. The van der Waals surface area contributed by atoms with Crippen LogP contribution in [0.3, 0.4) is 0 Å². The highest BCUT2D eigenvalue weighted by Gasteiger charge is 2.21. The van der Waals surface area contributed by atoms with Crippen molar-refractivity contribution in [2.75, 3.05) is 26.2 Å². The van der Waals surface area contributed by atoms with E-state index in [0.29, 0.717) is 31.1 Å². The van der Waals surface area contributed by atoms with Crippen LogP contribution < -0.4 is 0 Å². The first kappa shape index (κ1) is 19.3. The zero-order chi connectivity index (χ0) is 18.2. The van der Waals surface area contributed by atoms with Gasteiger partial charge in [0.15, 0.2) is 0 Å². The van der Waals surface area contributed by atoms with Gasteiger partial charge >= 0.3 is 0 Å². The van der Waals surface area contributed by atoms with Gasteiger partial charge in [0.2, 0.25) is 5.91 Å². The number of piperidine rings is 1. The highest BCUT2D eigenvalue weighted by atomic mass is 16.2. The third-order valence-electron chi connectivity index (χ3n) is 4.57. The summed E-state index contributed by atoms with van der Waals surface area (Å²) < 4.78 is 0. The highest BCUT2D eigenvalue weighted by molar-refractivity contribution is 5.92. The minimum Gasteiger partial charge on any atom is -0.343 e. The van der Waals surface area contributed by atoms with Crippen molar-refractivity contribution in [1.29, 1.82) is 0 Å². The number of amides is 2. The summed E-state index contributed by atoms with van der Waals surface area (Å²) in [6.45, 7) is 8.88. The molecule has 2 heterocycles. The molecule has 6 nitrogen and oxygen atoms in total. The lowest BCUT2D eigenvalue weighted by Crippen LogP contribution is -2.40. The first-order chi connectivity index (χ1) is 12.0. The SMILES string of the molecule is Cc1cnc(C(=O)N(CCC(=O)N2CCCCC2)CCC(C)C)cn1. The molecule has 1 aliphatic heterocycles. The van der Waals surface area contributed by atoms with Crippen molar-refractivity contribution in [3.05, 3.63) is 23.8 Å². The molecule has 0 saturated carbocycles. The average molecular weight is 346 g/mol. The van der Waals surface area contributed by atoms with Crippen molar-refractivity contribution in [2.45, 2.75) is 52.9 Å². The third kappa shape index (κ3) is 6.11. The van der Waals surface area contributed by atoms with E-state index >= 15 is 0 Å². The number of carbonyl (C=O) groups excluding carboxylic acids is 2. The van der Waals surface area contributed by atoms with Gasteiger partial charge in [-0.3, -0.25) is 14.6 Å². The van der Waals surface area contributed by atoms with E-state index in [1.165, 1.54) is 12.6 Å². The number of nitrogens with zero attached hydrogens (tertiary/aromatic N) is 4. The molecule has 0 spiro atoms. The Kier molecular flexibility index (Phi) is 7.34. The molecule has 0 bridgehead atoms. The Balaban J connectivity index is 1.97. The van der Waals surface area contributed by atoms with Gasteiger partial charge in [-0.05, 0) is 38.5 Å². The fourth-order valence-corrected chi connectivity index (χ4v) is 2.93. The molecule has 25 heavy (non-hydrogen) atoms. The Morgan fingerprint density at radius 2 is 1.84 bits per heavy atom. The Bertz CT molecular complexity index is 565. The molecule has 138 valence electrons. The van der Waals surface area contributed by atoms with Gasteiger partial charge in [0.25, 0.3) is 5.91 Å². The van der Waals surface area contributed by atoms with Gasteiger partial charge in [0.1, 0.15) is 5.69 Å². The van der Waals surface area contributed by atoms with Crippen molar-refractivity contribution < 1.29 is 9.59 Å². The van der Waals surface area contributed by atoms with Gasteiger partial charge in [0, 0.05) is 38.8 Å². The fourth-order valence-electron chi connectivity index (χ4n) is 2.93. The second kappa shape index (κ2) is 9.49. The molecule has 1 fully saturated rings. The summed E-state index contributed by atoms with van der Waals surface area (Å²) >= 11 is 0. The van der Waals surface area contributed by atoms with E-state index in [1.54, 1.807) is 11.1 Å². The van der Waals surface area contributed by atoms with Crippen LogP contribution in [0.15, 0.2) is 12.4 Å². The molecule has 1 aliphatic rings. The van der Waals surface area contributed by atoms with E-state index in [-0.39, 0.29) is 11.8 Å². The summed E-state index contributed by atoms with van der Waals surface area (Å²) in [5.41, 5.74) is 1.13. The predicted octanol–water partition coefficient (Wildman–Crippen LogP) is 2.68. The Labute approximate surface area is 150 Å². The summed E-state index contributed by atoms with van der Waals surface area (Å²) in [6.07, 6.45) is 7.78. The first-order valence-corrected chi connectivity index (χ1v) is 9.33. The van der Waals surface area contributed by atoms with Crippen LogP contribution in [0.5, 0.6) is 0 Å². The van der Waals surface area contributed by atoms with Gasteiger partial charge in [-0.2, -0.15) is 0 Å². The van der Waals surface area contributed by atoms with E-state index in [0.717, 1.165) is 38.0 Å². The fraction of sp³-hybridized carbons (Fsp3) is 0.684. The summed E-state index contributed by atoms with van der Waals surface area (Å²) in [5, 5.41) is 0. The molecule has 6 heteroatoms. The maximum Gasteiger partial charge on any atom is 0.274 e. The second-order valence-electron chi connectivity index (χ2n) is 7.21. The monoisotopic (exact) mass is 346 g/mol. The number of aryl methyl sites for hydroxylation is 1. The zero-order valence-corrected chi connectivity index (χ0v) is 15.7. The Morgan fingerprint density at radius 1 is 1.12 bits per heavy atom. The van der Waals surface area contributed by atoms with Crippen molar-refractivity contribution >= 4 is 11.8 Å². The Hall–Kier alpha value is -1.98. The van der Waals surface area contributed by atoms with Crippen LogP contribution in [0.4, 0.5) is 0 Å². The lowest BCUT2D eigenvalue weighted by atomic mass is 10.1. The van der Waals surface area contributed by atoms with Crippen LogP contribution in [0.25, 0.3) is 0 Å². The smallest absolute Gasteiger partial charge is 0.274 e. The maximum atomic E-state index is 12.8. The molecule has 2 amide bonds. The number of rotatable bonds is 7. The Morgan fingerprint density at radius 3 is 2.44 bits per heavy atom. The van der Waals surface area contributed by atoms with E-state index in [4.69, 9.17) is 0 Å². The molecule has 0 aliphatic carbocycles. The quantitative estimate of drug-likeness (QED) is 0.761. The molecular formula is C19H30N4O2. The van der Waals surface area contributed by atoms with E-state index < -0.39 is 0 Å². The molecule has 0 aromatic carbocycles.